The number of hydrazine groups is 1. The van der Waals surface area contributed by atoms with E-state index in [-0.39, 0.29) is 17.8 Å². The number of aromatic nitrogens is 3. The van der Waals surface area contributed by atoms with Gasteiger partial charge in [0.25, 0.3) is 11.8 Å². The highest BCUT2D eigenvalue weighted by molar-refractivity contribution is 5.97. The Morgan fingerprint density at radius 1 is 1.10 bits per heavy atom. The van der Waals surface area contributed by atoms with Gasteiger partial charge in [-0.15, -0.1) is 0 Å². The lowest BCUT2D eigenvalue weighted by molar-refractivity contribution is -0.123. The topological polar surface area (TPSA) is 122 Å². The Morgan fingerprint density at radius 2 is 1.83 bits per heavy atom. The number of pyridine rings is 1. The number of rotatable bonds is 8. The predicted octanol–water partition coefficient (Wildman–Crippen LogP) is 2.42. The highest BCUT2D eigenvalue weighted by Gasteiger charge is 2.26. The summed E-state index contributed by atoms with van der Waals surface area (Å²) in [5, 5.41) is 6.64. The Kier molecular flexibility index (Phi) is 6.51. The van der Waals surface area contributed by atoms with Gasteiger partial charge in [-0.25, -0.2) is 5.43 Å². The molecule has 0 fully saturated rings. The molecule has 0 saturated carbocycles. The van der Waals surface area contributed by atoms with Crippen molar-refractivity contribution in [2.45, 2.75) is 26.3 Å². The quantitative estimate of drug-likeness (QED) is 0.502. The Balaban J connectivity index is 1.63. The second-order valence-corrected chi connectivity index (χ2v) is 6.48. The van der Waals surface area contributed by atoms with Crippen LogP contribution in [-0.4, -0.2) is 33.0 Å². The van der Waals surface area contributed by atoms with Crippen LogP contribution in [0.1, 0.15) is 30.6 Å². The molecule has 2 amide bonds. The molecule has 2 atom stereocenters. The molecule has 0 aliphatic carbocycles. The number of hydrogen-bond acceptors (Lipinski definition) is 7. The van der Waals surface area contributed by atoms with E-state index in [1.54, 1.807) is 48.8 Å². The highest BCUT2D eigenvalue weighted by atomic mass is 16.5. The predicted molar refractivity (Wildman–Crippen MR) is 106 cm³/mol. The number of hydrogen-bond donors (Lipinski definition) is 3. The molecular weight excluding hydrogens is 372 g/mol. The van der Waals surface area contributed by atoms with Crippen LogP contribution in [0, 0.1) is 5.92 Å². The van der Waals surface area contributed by atoms with Gasteiger partial charge in [-0.1, -0.05) is 43.6 Å². The van der Waals surface area contributed by atoms with Crippen molar-refractivity contribution in [3.63, 3.8) is 0 Å². The summed E-state index contributed by atoms with van der Waals surface area (Å²) >= 11 is 0. The molecule has 2 unspecified atom stereocenters. The molecule has 0 radical (unpaired) electrons. The fourth-order valence-electron chi connectivity index (χ4n) is 2.60. The third-order valence-electron chi connectivity index (χ3n) is 4.48. The smallest absolute Gasteiger partial charge is 0.340 e. The largest absolute Gasteiger partial charge is 0.340 e. The van der Waals surface area contributed by atoms with Crippen LogP contribution in [0.4, 0.5) is 6.01 Å². The van der Waals surface area contributed by atoms with Crippen molar-refractivity contribution in [3.8, 4) is 11.4 Å². The summed E-state index contributed by atoms with van der Waals surface area (Å²) in [5.74, 6) is -0.448. The number of carbonyl (C=O) groups excluding carboxylic acids is 2. The van der Waals surface area contributed by atoms with E-state index < -0.39 is 11.9 Å². The van der Waals surface area contributed by atoms with Gasteiger partial charge >= 0.3 is 6.01 Å². The van der Waals surface area contributed by atoms with Gasteiger partial charge in [-0.05, 0) is 30.2 Å². The van der Waals surface area contributed by atoms with E-state index in [0.717, 1.165) is 5.56 Å². The molecular formula is C20H22N6O3. The molecule has 0 bridgehead atoms. The van der Waals surface area contributed by atoms with Crippen LogP contribution in [0.5, 0.6) is 0 Å². The van der Waals surface area contributed by atoms with E-state index in [1.165, 1.54) is 0 Å². The summed E-state index contributed by atoms with van der Waals surface area (Å²) in [7, 11) is 0. The van der Waals surface area contributed by atoms with Gasteiger partial charge in [-0.3, -0.25) is 20.0 Å². The van der Waals surface area contributed by atoms with Crippen LogP contribution in [-0.2, 0) is 4.79 Å². The summed E-state index contributed by atoms with van der Waals surface area (Å²) in [6.07, 6.45) is 3.94. The first-order valence-electron chi connectivity index (χ1n) is 9.24. The maximum atomic E-state index is 12.7. The monoisotopic (exact) mass is 394 g/mol. The van der Waals surface area contributed by atoms with Gasteiger partial charge < -0.3 is 9.84 Å². The fraction of sp³-hybridized carbons (Fsp3) is 0.250. The lowest BCUT2D eigenvalue weighted by Crippen LogP contribution is -2.51. The minimum absolute atomic E-state index is 0.0300. The average Bonchev–Trinajstić information content (AvgIpc) is 3.25. The van der Waals surface area contributed by atoms with E-state index in [0.29, 0.717) is 17.8 Å². The number of nitrogens with one attached hydrogen (secondary N) is 3. The summed E-state index contributed by atoms with van der Waals surface area (Å²) in [6, 6.07) is 11.5. The highest BCUT2D eigenvalue weighted by Crippen LogP contribution is 2.16. The van der Waals surface area contributed by atoms with Crippen molar-refractivity contribution in [1.29, 1.82) is 0 Å². The first-order chi connectivity index (χ1) is 14.1. The SMILES string of the molecule is CCC(C)C(NC(=O)c1ccccc1)C(=O)NNc1nc(-c2ccncc2)no1. The van der Waals surface area contributed by atoms with Gasteiger partial charge in [0.1, 0.15) is 6.04 Å². The number of amides is 2. The zero-order valence-electron chi connectivity index (χ0n) is 16.1. The minimum Gasteiger partial charge on any atom is -0.340 e. The van der Waals surface area contributed by atoms with Crippen LogP contribution in [0.15, 0.2) is 59.4 Å². The van der Waals surface area contributed by atoms with E-state index in [4.69, 9.17) is 4.52 Å². The summed E-state index contributed by atoms with van der Waals surface area (Å²) in [6.45, 7) is 3.84. The van der Waals surface area contributed by atoms with Crippen molar-refractivity contribution >= 4 is 17.8 Å². The molecule has 2 aromatic heterocycles. The van der Waals surface area contributed by atoms with Crippen molar-refractivity contribution in [2.75, 3.05) is 5.43 Å². The van der Waals surface area contributed by atoms with Crippen molar-refractivity contribution in [2.24, 2.45) is 5.92 Å². The summed E-state index contributed by atoms with van der Waals surface area (Å²) in [5.41, 5.74) is 6.34. The van der Waals surface area contributed by atoms with E-state index in [1.807, 2.05) is 19.9 Å². The van der Waals surface area contributed by atoms with Crippen LogP contribution >= 0.6 is 0 Å². The van der Waals surface area contributed by atoms with Crippen LogP contribution < -0.4 is 16.2 Å². The minimum atomic E-state index is -0.734. The average molecular weight is 394 g/mol. The standard InChI is InChI=1S/C20H22N6O3/c1-3-13(2)16(22-18(27)15-7-5-4-6-8-15)19(28)24-25-20-23-17(26-29-20)14-9-11-21-12-10-14/h4-13,16H,3H2,1-2H3,(H,22,27)(H,24,28)(H,23,25,26). The molecule has 0 spiro atoms. The molecule has 0 aliphatic heterocycles. The van der Waals surface area contributed by atoms with Crippen LogP contribution in [0.3, 0.4) is 0 Å². The Hall–Kier alpha value is -3.75. The lowest BCUT2D eigenvalue weighted by Gasteiger charge is -2.23. The first-order valence-corrected chi connectivity index (χ1v) is 9.24. The Labute approximate surface area is 167 Å². The van der Waals surface area contributed by atoms with Crippen molar-refractivity contribution < 1.29 is 14.1 Å². The maximum Gasteiger partial charge on any atom is 0.340 e. The normalized spacial score (nSPS) is 12.6. The molecule has 3 N–H and O–H groups in total. The van der Waals surface area contributed by atoms with E-state index >= 15 is 0 Å². The van der Waals surface area contributed by atoms with Gasteiger partial charge in [0.2, 0.25) is 5.82 Å². The molecule has 3 rings (SSSR count). The number of anilines is 1. The molecule has 2 heterocycles. The van der Waals surface area contributed by atoms with Gasteiger partial charge in [0, 0.05) is 23.5 Å². The zero-order chi connectivity index (χ0) is 20.6. The number of nitrogens with zero attached hydrogens (tertiary/aromatic N) is 3. The first kappa shape index (κ1) is 20.0. The van der Waals surface area contributed by atoms with Crippen LogP contribution in [0.25, 0.3) is 11.4 Å². The second-order valence-electron chi connectivity index (χ2n) is 6.48. The molecule has 0 saturated heterocycles. The van der Waals surface area contributed by atoms with Gasteiger partial charge in [0.05, 0.1) is 0 Å². The lowest BCUT2D eigenvalue weighted by atomic mass is 9.98. The summed E-state index contributed by atoms with van der Waals surface area (Å²) in [4.78, 5) is 33.2. The zero-order valence-corrected chi connectivity index (χ0v) is 16.1. The molecule has 0 aliphatic rings. The van der Waals surface area contributed by atoms with Crippen LogP contribution in [0.2, 0.25) is 0 Å². The fourth-order valence-corrected chi connectivity index (χ4v) is 2.60. The molecule has 150 valence electrons. The number of carbonyl (C=O) groups is 2. The Bertz CT molecular complexity index is 945. The summed E-state index contributed by atoms with van der Waals surface area (Å²) < 4.78 is 5.09. The number of benzene rings is 1. The van der Waals surface area contributed by atoms with Gasteiger partial charge in [0.15, 0.2) is 0 Å². The van der Waals surface area contributed by atoms with Gasteiger partial charge in [-0.2, -0.15) is 4.98 Å². The van der Waals surface area contributed by atoms with Crippen molar-refractivity contribution in [3.05, 3.63) is 60.4 Å². The molecule has 9 heteroatoms. The molecule has 9 nitrogen and oxygen atoms in total. The van der Waals surface area contributed by atoms with E-state index in [9.17, 15) is 9.59 Å². The molecule has 29 heavy (non-hydrogen) atoms. The molecule has 1 aromatic carbocycles. The van der Waals surface area contributed by atoms with E-state index in [2.05, 4.69) is 31.3 Å². The third-order valence-corrected chi connectivity index (χ3v) is 4.48. The second kappa shape index (κ2) is 9.45. The Morgan fingerprint density at radius 3 is 2.52 bits per heavy atom. The third kappa shape index (κ3) is 5.16. The molecule has 3 aromatic rings. The maximum absolute atomic E-state index is 12.7. The van der Waals surface area contributed by atoms with Crippen molar-refractivity contribution in [1.82, 2.24) is 25.9 Å².